The van der Waals surface area contributed by atoms with E-state index in [0.29, 0.717) is 26.1 Å². The molecule has 0 N–H and O–H groups in total. The average molecular weight is 201 g/mol. The van der Waals surface area contributed by atoms with E-state index in [0.717, 1.165) is 0 Å². The first-order chi connectivity index (χ1) is 6.63. The van der Waals surface area contributed by atoms with Crippen LogP contribution in [0.4, 0.5) is 4.79 Å². The van der Waals surface area contributed by atoms with E-state index in [1.54, 1.807) is 4.90 Å². The van der Waals surface area contributed by atoms with Gasteiger partial charge in [0.15, 0.2) is 0 Å². The Hall–Kier alpha value is -1.26. The Morgan fingerprint density at radius 2 is 2.43 bits per heavy atom. The molecule has 1 aliphatic rings. The van der Waals surface area contributed by atoms with Crippen LogP contribution in [0.25, 0.3) is 0 Å². The molecule has 80 valence electrons. The van der Waals surface area contributed by atoms with Gasteiger partial charge in [0.05, 0.1) is 13.7 Å². The number of nitrogens with zero attached hydrogens (tertiary/aromatic N) is 1. The third-order valence-electron chi connectivity index (χ3n) is 2.12. The number of rotatable bonds is 4. The van der Waals surface area contributed by atoms with Crippen molar-refractivity contribution in [3.63, 3.8) is 0 Å². The molecular weight excluding hydrogens is 186 g/mol. The van der Waals surface area contributed by atoms with E-state index in [1.165, 1.54) is 7.11 Å². The predicted octanol–water partition coefficient (Wildman–Crippen LogP) is 0.638. The van der Waals surface area contributed by atoms with Crippen molar-refractivity contribution >= 4 is 12.1 Å². The molecule has 14 heavy (non-hydrogen) atoms. The maximum atomic E-state index is 11.1. The normalized spacial score (nSPS) is 17.9. The SMILES string of the molecule is COC(=O)CC(C)CN1CCOC1=O. The third-order valence-corrected chi connectivity index (χ3v) is 2.12. The topological polar surface area (TPSA) is 55.8 Å². The van der Waals surface area contributed by atoms with Gasteiger partial charge in [-0.05, 0) is 5.92 Å². The Bertz CT molecular complexity index is 229. The zero-order valence-electron chi connectivity index (χ0n) is 8.49. The Kier molecular flexibility index (Phi) is 3.73. The highest BCUT2D eigenvalue weighted by molar-refractivity contribution is 5.70. The molecule has 0 radical (unpaired) electrons. The summed E-state index contributed by atoms with van der Waals surface area (Å²) in [6, 6.07) is 0. The smallest absolute Gasteiger partial charge is 0.409 e. The molecule has 1 rings (SSSR count). The summed E-state index contributed by atoms with van der Waals surface area (Å²) in [7, 11) is 1.36. The van der Waals surface area contributed by atoms with Crippen molar-refractivity contribution in [1.29, 1.82) is 0 Å². The maximum Gasteiger partial charge on any atom is 0.409 e. The molecule has 0 aliphatic carbocycles. The summed E-state index contributed by atoms with van der Waals surface area (Å²) in [5, 5.41) is 0. The lowest BCUT2D eigenvalue weighted by Gasteiger charge is -2.17. The lowest BCUT2D eigenvalue weighted by molar-refractivity contribution is -0.141. The Balaban J connectivity index is 2.29. The van der Waals surface area contributed by atoms with Gasteiger partial charge in [0.2, 0.25) is 0 Å². The zero-order chi connectivity index (χ0) is 10.6. The summed E-state index contributed by atoms with van der Waals surface area (Å²) in [5.74, 6) is -0.141. The van der Waals surface area contributed by atoms with E-state index in [2.05, 4.69) is 4.74 Å². The number of ether oxygens (including phenoxy) is 2. The van der Waals surface area contributed by atoms with Crippen molar-refractivity contribution in [3.8, 4) is 0 Å². The summed E-state index contributed by atoms with van der Waals surface area (Å²) in [5.41, 5.74) is 0. The molecule has 0 aromatic rings. The number of cyclic esters (lactones) is 1. The van der Waals surface area contributed by atoms with Crippen molar-refractivity contribution in [3.05, 3.63) is 0 Å². The van der Waals surface area contributed by atoms with Crippen molar-refractivity contribution < 1.29 is 19.1 Å². The van der Waals surface area contributed by atoms with Gasteiger partial charge in [-0.3, -0.25) is 4.79 Å². The number of amides is 1. The monoisotopic (exact) mass is 201 g/mol. The molecular formula is C9H15NO4. The standard InChI is InChI=1S/C9H15NO4/c1-7(5-8(11)13-2)6-10-3-4-14-9(10)12/h7H,3-6H2,1-2H3. The number of carbonyl (C=O) groups excluding carboxylic acids is 2. The van der Waals surface area contributed by atoms with Gasteiger partial charge in [-0.2, -0.15) is 0 Å². The molecule has 1 saturated heterocycles. The highest BCUT2D eigenvalue weighted by Crippen LogP contribution is 2.10. The van der Waals surface area contributed by atoms with E-state index < -0.39 is 0 Å². The fraction of sp³-hybridized carbons (Fsp3) is 0.778. The predicted molar refractivity (Wildman–Crippen MR) is 48.7 cm³/mol. The van der Waals surface area contributed by atoms with Crippen LogP contribution >= 0.6 is 0 Å². The molecule has 1 heterocycles. The highest BCUT2D eigenvalue weighted by atomic mass is 16.6. The number of carbonyl (C=O) groups is 2. The summed E-state index contributed by atoms with van der Waals surface area (Å²) in [6.07, 6.45) is 0.0435. The Morgan fingerprint density at radius 1 is 1.71 bits per heavy atom. The Morgan fingerprint density at radius 3 is 2.93 bits per heavy atom. The van der Waals surface area contributed by atoms with Crippen LogP contribution in [-0.2, 0) is 14.3 Å². The van der Waals surface area contributed by atoms with E-state index >= 15 is 0 Å². The van der Waals surface area contributed by atoms with E-state index in [9.17, 15) is 9.59 Å². The average Bonchev–Trinajstić information content (AvgIpc) is 2.51. The number of methoxy groups -OCH3 is 1. The van der Waals surface area contributed by atoms with Gasteiger partial charge in [-0.25, -0.2) is 4.79 Å². The fourth-order valence-electron chi connectivity index (χ4n) is 1.40. The first kappa shape index (κ1) is 10.8. The zero-order valence-corrected chi connectivity index (χ0v) is 8.49. The quantitative estimate of drug-likeness (QED) is 0.626. The lowest BCUT2D eigenvalue weighted by Crippen LogP contribution is -2.30. The maximum absolute atomic E-state index is 11.1. The van der Waals surface area contributed by atoms with Crippen LogP contribution in [0, 0.1) is 5.92 Å². The molecule has 0 saturated carbocycles. The van der Waals surface area contributed by atoms with Gasteiger partial charge in [0.25, 0.3) is 0 Å². The van der Waals surface area contributed by atoms with Crippen LogP contribution < -0.4 is 0 Å². The lowest BCUT2D eigenvalue weighted by atomic mass is 10.1. The molecule has 5 heteroatoms. The van der Waals surface area contributed by atoms with Gasteiger partial charge in [-0.1, -0.05) is 6.92 Å². The summed E-state index contributed by atoms with van der Waals surface area (Å²) in [6.45, 7) is 3.52. The molecule has 0 aromatic heterocycles. The molecule has 1 amide bonds. The number of esters is 1. The highest BCUT2D eigenvalue weighted by Gasteiger charge is 2.24. The van der Waals surface area contributed by atoms with Crippen molar-refractivity contribution in [2.45, 2.75) is 13.3 Å². The largest absolute Gasteiger partial charge is 0.469 e. The van der Waals surface area contributed by atoms with Gasteiger partial charge in [-0.15, -0.1) is 0 Å². The van der Waals surface area contributed by atoms with Gasteiger partial charge >= 0.3 is 12.1 Å². The minimum Gasteiger partial charge on any atom is -0.469 e. The van der Waals surface area contributed by atoms with Crippen LogP contribution in [0.3, 0.4) is 0 Å². The third kappa shape index (κ3) is 2.90. The minimum atomic E-state index is -0.290. The second-order valence-corrected chi connectivity index (χ2v) is 3.45. The van der Waals surface area contributed by atoms with Crippen LogP contribution in [-0.4, -0.2) is 43.8 Å². The molecule has 1 atom stereocenters. The van der Waals surface area contributed by atoms with Crippen LogP contribution in [0.2, 0.25) is 0 Å². The molecule has 1 fully saturated rings. The molecule has 5 nitrogen and oxygen atoms in total. The molecule has 0 spiro atoms. The van der Waals surface area contributed by atoms with E-state index in [1.807, 2.05) is 6.92 Å². The van der Waals surface area contributed by atoms with Crippen LogP contribution in [0.15, 0.2) is 0 Å². The number of hydrogen-bond acceptors (Lipinski definition) is 4. The first-order valence-electron chi connectivity index (χ1n) is 4.62. The molecule has 1 unspecified atom stereocenters. The van der Waals surface area contributed by atoms with Crippen molar-refractivity contribution in [2.24, 2.45) is 5.92 Å². The second kappa shape index (κ2) is 4.83. The van der Waals surface area contributed by atoms with Gasteiger partial charge in [0, 0.05) is 13.0 Å². The molecule has 0 bridgehead atoms. The minimum absolute atomic E-state index is 0.105. The Labute approximate surface area is 83.0 Å². The fourth-order valence-corrected chi connectivity index (χ4v) is 1.40. The van der Waals surface area contributed by atoms with Gasteiger partial charge < -0.3 is 14.4 Å². The van der Waals surface area contributed by atoms with Crippen LogP contribution in [0.1, 0.15) is 13.3 Å². The first-order valence-corrected chi connectivity index (χ1v) is 4.62. The van der Waals surface area contributed by atoms with Crippen molar-refractivity contribution in [2.75, 3.05) is 26.8 Å². The van der Waals surface area contributed by atoms with E-state index in [4.69, 9.17) is 4.74 Å². The second-order valence-electron chi connectivity index (χ2n) is 3.45. The number of hydrogen-bond donors (Lipinski definition) is 0. The molecule has 1 aliphatic heterocycles. The summed E-state index contributed by atoms with van der Waals surface area (Å²) < 4.78 is 9.31. The van der Waals surface area contributed by atoms with Crippen molar-refractivity contribution in [1.82, 2.24) is 4.90 Å². The van der Waals surface area contributed by atoms with Gasteiger partial charge in [0.1, 0.15) is 6.61 Å². The molecule has 0 aromatic carbocycles. The summed E-state index contributed by atoms with van der Waals surface area (Å²) in [4.78, 5) is 23.6. The van der Waals surface area contributed by atoms with Crippen LogP contribution in [0.5, 0.6) is 0 Å². The summed E-state index contributed by atoms with van der Waals surface area (Å²) >= 11 is 0. The van der Waals surface area contributed by atoms with E-state index in [-0.39, 0.29) is 18.0 Å².